The van der Waals surface area contributed by atoms with Gasteiger partial charge in [-0.05, 0) is 56.2 Å². The standard InChI is InChI=1S/C19H24N4O2.C2HF3O2/c1-15-2-3-17(21-20-15)22-9-5-19(6-10-22)7-11-23(12-8-19)18(24)16-4-13-25-14-16;3-2(4,5)1(6)7/h2-4,13-14H,5-12H2,1H3;(H,6,7). The number of carboxylic acid groups (broad SMARTS) is 1. The van der Waals surface area contributed by atoms with Crippen LogP contribution in [0.15, 0.2) is 35.1 Å². The highest BCUT2D eigenvalue weighted by atomic mass is 19.4. The summed E-state index contributed by atoms with van der Waals surface area (Å²) in [5, 5.41) is 15.6. The van der Waals surface area contributed by atoms with E-state index in [1.807, 2.05) is 17.9 Å². The number of anilines is 1. The van der Waals surface area contributed by atoms with Gasteiger partial charge in [0.05, 0.1) is 17.5 Å². The van der Waals surface area contributed by atoms with Crippen LogP contribution in [-0.4, -0.2) is 64.4 Å². The number of amides is 1. The number of carbonyl (C=O) groups is 2. The number of aliphatic carboxylic acids is 1. The van der Waals surface area contributed by atoms with Crippen LogP contribution in [0.25, 0.3) is 0 Å². The monoisotopic (exact) mass is 454 g/mol. The quantitative estimate of drug-likeness (QED) is 0.741. The van der Waals surface area contributed by atoms with Gasteiger partial charge in [-0.3, -0.25) is 4.79 Å². The summed E-state index contributed by atoms with van der Waals surface area (Å²) in [5.74, 6) is -1.68. The van der Waals surface area contributed by atoms with Gasteiger partial charge in [-0.2, -0.15) is 18.3 Å². The number of halogens is 3. The molecule has 32 heavy (non-hydrogen) atoms. The maximum Gasteiger partial charge on any atom is 0.490 e. The summed E-state index contributed by atoms with van der Waals surface area (Å²) in [6.07, 6.45) is 2.51. The molecule has 2 aromatic heterocycles. The predicted octanol–water partition coefficient (Wildman–Crippen LogP) is 3.53. The molecule has 2 aliphatic rings. The lowest BCUT2D eigenvalue weighted by atomic mass is 9.71. The van der Waals surface area contributed by atoms with Crippen LogP contribution in [-0.2, 0) is 4.79 Å². The zero-order valence-corrected chi connectivity index (χ0v) is 17.6. The van der Waals surface area contributed by atoms with E-state index < -0.39 is 12.1 Å². The number of nitrogens with zero attached hydrogens (tertiary/aromatic N) is 4. The average molecular weight is 454 g/mol. The second-order valence-electron chi connectivity index (χ2n) is 8.13. The highest BCUT2D eigenvalue weighted by molar-refractivity contribution is 5.93. The summed E-state index contributed by atoms with van der Waals surface area (Å²) >= 11 is 0. The molecule has 2 aromatic rings. The first-order valence-electron chi connectivity index (χ1n) is 10.3. The van der Waals surface area contributed by atoms with E-state index in [-0.39, 0.29) is 5.91 Å². The first-order chi connectivity index (χ1) is 15.1. The number of rotatable bonds is 2. The smallest absolute Gasteiger partial charge is 0.475 e. The molecule has 4 rings (SSSR count). The maximum atomic E-state index is 12.4. The van der Waals surface area contributed by atoms with Crippen molar-refractivity contribution in [3.05, 3.63) is 42.0 Å². The Hall–Kier alpha value is -3.11. The highest BCUT2D eigenvalue weighted by Gasteiger charge is 2.39. The normalized spacial score (nSPS) is 18.1. The summed E-state index contributed by atoms with van der Waals surface area (Å²) < 4.78 is 36.8. The second-order valence-corrected chi connectivity index (χ2v) is 8.13. The van der Waals surface area contributed by atoms with Gasteiger partial charge in [0.25, 0.3) is 5.91 Å². The number of alkyl halides is 3. The van der Waals surface area contributed by atoms with Crippen molar-refractivity contribution < 1.29 is 32.3 Å². The van der Waals surface area contributed by atoms with Crippen LogP contribution in [0, 0.1) is 12.3 Å². The lowest BCUT2D eigenvalue weighted by Gasteiger charge is -2.47. The molecule has 2 saturated heterocycles. The van der Waals surface area contributed by atoms with E-state index in [1.54, 1.807) is 12.3 Å². The molecule has 174 valence electrons. The molecule has 2 aliphatic heterocycles. The largest absolute Gasteiger partial charge is 0.490 e. The van der Waals surface area contributed by atoms with E-state index in [1.165, 1.54) is 6.26 Å². The van der Waals surface area contributed by atoms with E-state index in [4.69, 9.17) is 14.3 Å². The van der Waals surface area contributed by atoms with Gasteiger partial charge in [0.2, 0.25) is 0 Å². The van der Waals surface area contributed by atoms with Gasteiger partial charge in [-0.1, -0.05) is 0 Å². The van der Waals surface area contributed by atoms with Crippen LogP contribution in [0.4, 0.5) is 19.0 Å². The van der Waals surface area contributed by atoms with Crippen molar-refractivity contribution >= 4 is 17.7 Å². The number of furan rings is 1. The molecule has 1 spiro atoms. The fraction of sp³-hybridized carbons (Fsp3) is 0.524. The number of piperidine rings is 2. The third-order valence-electron chi connectivity index (χ3n) is 6.05. The third kappa shape index (κ3) is 5.77. The number of carboxylic acids is 1. The number of aryl methyl sites for hydroxylation is 1. The summed E-state index contributed by atoms with van der Waals surface area (Å²) in [7, 11) is 0. The van der Waals surface area contributed by atoms with Gasteiger partial charge in [0.1, 0.15) is 6.26 Å². The molecule has 0 saturated carbocycles. The minimum absolute atomic E-state index is 0.0935. The van der Waals surface area contributed by atoms with Gasteiger partial charge < -0.3 is 19.3 Å². The SMILES string of the molecule is Cc1ccc(N2CCC3(CCN(C(=O)c4ccoc4)CC3)CC2)nn1.O=C(O)C(F)(F)F. The Morgan fingerprint density at radius 1 is 1.03 bits per heavy atom. The molecule has 0 aliphatic carbocycles. The Balaban J connectivity index is 0.000000360. The predicted molar refractivity (Wildman–Crippen MR) is 108 cm³/mol. The molecule has 8 nitrogen and oxygen atoms in total. The minimum atomic E-state index is -5.08. The van der Waals surface area contributed by atoms with Crippen LogP contribution >= 0.6 is 0 Å². The van der Waals surface area contributed by atoms with E-state index in [9.17, 15) is 18.0 Å². The van der Waals surface area contributed by atoms with Gasteiger partial charge in [0, 0.05) is 26.2 Å². The number of hydrogen-bond donors (Lipinski definition) is 1. The van der Waals surface area contributed by atoms with E-state index in [0.29, 0.717) is 11.0 Å². The number of hydrogen-bond acceptors (Lipinski definition) is 6. The first kappa shape index (κ1) is 23.6. The molecule has 0 aromatic carbocycles. The number of likely N-dealkylation sites (tertiary alicyclic amines) is 1. The van der Waals surface area contributed by atoms with Crippen molar-refractivity contribution in [3.63, 3.8) is 0 Å². The molecular weight excluding hydrogens is 429 g/mol. The molecule has 2 fully saturated rings. The zero-order chi connectivity index (χ0) is 23.4. The fourth-order valence-electron chi connectivity index (χ4n) is 4.02. The molecule has 1 N–H and O–H groups in total. The van der Waals surface area contributed by atoms with Crippen LogP contribution in [0.2, 0.25) is 0 Å². The summed E-state index contributed by atoms with van der Waals surface area (Å²) in [6.45, 7) is 5.68. The Morgan fingerprint density at radius 3 is 2.09 bits per heavy atom. The molecule has 1 amide bonds. The topological polar surface area (TPSA) is 99.8 Å². The number of aromatic nitrogens is 2. The van der Waals surface area contributed by atoms with Crippen molar-refractivity contribution in [2.45, 2.75) is 38.8 Å². The zero-order valence-electron chi connectivity index (χ0n) is 17.6. The number of carbonyl (C=O) groups excluding carboxylic acids is 1. The van der Waals surface area contributed by atoms with Crippen molar-refractivity contribution in [1.82, 2.24) is 15.1 Å². The average Bonchev–Trinajstić information content (AvgIpc) is 3.30. The van der Waals surface area contributed by atoms with E-state index >= 15 is 0 Å². The van der Waals surface area contributed by atoms with Gasteiger partial charge in [-0.15, -0.1) is 5.10 Å². The van der Waals surface area contributed by atoms with Crippen LogP contribution in [0.3, 0.4) is 0 Å². The molecule has 0 radical (unpaired) electrons. The Kier molecular flexibility index (Phi) is 7.05. The van der Waals surface area contributed by atoms with Gasteiger partial charge >= 0.3 is 12.1 Å². The van der Waals surface area contributed by atoms with Crippen molar-refractivity contribution in [3.8, 4) is 0 Å². The molecule has 4 heterocycles. The van der Waals surface area contributed by atoms with Crippen molar-refractivity contribution in [2.75, 3.05) is 31.1 Å². The van der Waals surface area contributed by atoms with Crippen molar-refractivity contribution in [1.29, 1.82) is 0 Å². The Bertz CT molecular complexity index is 898. The van der Waals surface area contributed by atoms with Crippen LogP contribution in [0.5, 0.6) is 0 Å². The summed E-state index contributed by atoms with van der Waals surface area (Å²) in [6, 6.07) is 5.83. The highest BCUT2D eigenvalue weighted by Crippen LogP contribution is 2.42. The molecule has 0 unspecified atom stereocenters. The Labute approximate surface area is 183 Å². The maximum absolute atomic E-state index is 12.4. The van der Waals surface area contributed by atoms with Crippen LogP contribution in [0.1, 0.15) is 41.7 Å². The van der Waals surface area contributed by atoms with Gasteiger partial charge in [0.15, 0.2) is 5.82 Å². The summed E-state index contributed by atoms with van der Waals surface area (Å²) in [4.78, 5) is 25.6. The lowest BCUT2D eigenvalue weighted by Crippen LogP contribution is -2.48. The Morgan fingerprint density at radius 2 is 1.62 bits per heavy atom. The summed E-state index contributed by atoms with van der Waals surface area (Å²) in [5.41, 5.74) is 1.98. The minimum Gasteiger partial charge on any atom is -0.475 e. The van der Waals surface area contributed by atoms with Gasteiger partial charge in [-0.25, -0.2) is 4.79 Å². The molecule has 0 atom stereocenters. The molecular formula is C21H25F3N4O4. The molecule has 0 bridgehead atoms. The second kappa shape index (κ2) is 9.58. The third-order valence-corrected chi connectivity index (χ3v) is 6.05. The van der Waals surface area contributed by atoms with E-state index in [0.717, 1.165) is 63.4 Å². The lowest BCUT2D eigenvalue weighted by molar-refractivity contribution is -0.192. The first-order valence-corrected chi connectivity index (χ1v) is 10.3. The van der Waals surface area contributed by atoms with Crippen LogP contribution < -0.4 is 4.90 Å². The van der Waals surface area contributed by atoms with Crippen molar-refractivity contribution in [2.24, 2.45) is 5.41 Å². The molecule has 11 heteroatoms. The van der Waals surface area contributed by atoms with E-state index in [2.05, 4.69) is 21.2 Å². The fourth-order valence-corrected chi connectivity index (χ4v) is 4.02.